The van der Waals surface area contributed by atoms with Gasteiger partial charge in [-0.15, -0.1) is 0 Å². The molecule has 1 amide bonds. The molecule has 1 unspecified atom stereocenters. The minimum atomic E-state index is -0.994. The molecule has 152 valence electrons. The van der Waals surface area contributed by atoms with Crippen molar-refractivity contribution in [2.24, 2.45) is 5.92 Å². The summed E-state index contributed by atoms with van der Waals surface area (Å²) >= 11 is 0. The fourth-order valence-electron chi connectivity index (χ4n) is 4.13. The second-order valence-corrected chi connectivity index (χ2v) is 7.66. The van der Waals surface area contributed by atoms with Gasteiger partial charge in [0.15, 0.2) is 0 Å². The summed E-state index contributed by atoms with van der Waals surface area (Å²) in [5, 5.41) is 9.30. The summed E-state index contributed by atoms with van der Waals surface area (Å²) < 4.78 is 11.5. The Hall–Kier alpha value is -2.86. The highest BCUT2D eigenvalue weighted by atomic mass is 16.5. The molecule has 0 aromatic heterocycles. The average Bonchev–Trinajstić information content (AvgIpc) is 2.93. The number of hydrogen-bond donors (Lipinski definition) is 1. The smallest absolute Gasteiger partial charge is 0.335 e. The van der Waals surface area contributed by atoms with Crippen LogP contribution in [0.5, 0.6) is 5.75 Å². The third-order valence-electron chi connectivity index (χ3n) is 5.83. The molecule has 1 fully saturated rings. The second kappa shape index (κ2) is 8.25. The van der Waals surface area contributed by atoms with E-state index in [9.17, 15) is 14.7 Å². The lowest BCUT2D eigenvalue weighted by Crippen LogP contribution is -2.41. The van der Waals surface area contributed by atoms with Crippen LogP contribution >= 0.6 is 0 Å². The molecule has 4 rings (SSSR count). The van der Waals surface area contributed by atoms with Gasteiger partial charge in [-0.2, -0.15) is 0 Å². The van der Waals surface area contributed by atoms with Crippen LogP contribution in [-0.4, -0.2) is 41.7 Å². The van der Waals surface area contributed by atoms with Gasteiger partial charge >= 0.3 is 5.97 Å². The lowest BCUT2D eigenvalue weighted by molar-refractivity contribution is -0.142. The molecule has 6 nitrogen and oxygen atoms in total. The Kier molecular flexibility index (Phi) is 5.53. The molecule has 1 saturated heterocycles. The summed E-state index contributed by atoms with van der Waals surface area (Å²) in [7, 11) is 0. The summed E-state index contributed by atoms with van der Waals surface area (Å²) in [6, 6.07) is 12.7. The zero-order valence-corrected chi connectivity index (χ0v) is 16.5. The van der Waals surface area contributed by atoms with Gasteiger partial charge in [-0.25, -0.2) is 4.79 Å². The molecule has 0 aliphatic carbocycles. The molecule has 0 radical (unpaired) electrons. The van der Waals surface area contributed by atoms with Crippen molar-refractivity contribution in [1.82, 2.24) is 4.90 Å². The van der Waals surface area contributed by atoms with Crippen molar-refractivity contribution >= 4 is 11.9 Å². The van der Waals surface area contributed by atoms with Crippen LogP contribution in [0.15, 0.2) is 42.5 Å². The van der Waals surface area contributed by atoms with E-state index in [4.69, 9.17) is 9.47 Å². The topological polar surface area (TPSA) is 76.1 Å². The molecule has 2 aliphatic rings. The Morgan fingerprint density at radius 2 is 1.86 bits per heavy atom. The summed E-state index contributed by atoms with van der Waals surface area (Å²) in [5.41, 5.74) is 3.16. The number of aromatic carboxylic acids is 1. The van der Waals surface area contributed by atoms with Gasteiger partial charge in [-0.1, -0.05) is 30.3 Å². The number of rotatable bonds is 3. The first-order valence-electron chi connectivity index (χ1n) is 9.97. The highest BCUT2D eigenvalue weighted by molar-refractivity contribution is 5.88. The predicted octanol–water partition coefficient (Wildman–Crippen LogP) is 3.58. The van der Waals surface area contributed by atoms with E-state index in [1.807, 2.05) is 36.1 Å². The van der Waals surface area contributed by atoms with Gasteiger partial charge in [0.1, 0.15) is 12.4 Å². The minimum Gasteiger partial charge on any atom is -0.491 e. The highest BCUT2D eigenvalue weighted by Gasteiger charge is 2.35. The number of carbonyl (C=O) groups is 2. The van der Waals surface area contributed by atoms with Crippen molar-refractivity contribution in [1.29, 1.82) is 0 Å². The van der Waals surface area contributed by atoms with Gasteiger partial charge in [0.05, 0.1) is 18.2 Å². The molecular formula is C23H25NO5. The summed E-state index contributed by atoms with van der Waals surface area (Å²) in [6.07, 6.45) is 1.45. The van der Waals surface area contributed by atoms with Crippen molar-refractivity contribution in [3.63, 3.8) is 0 Å². The molecule has 2 aliphatic heterocycles. The number of benzene rings is 2. The lowest BCUT2D eigenvalue weighted by Gasteiger charge is -2.34. The molecule has 2 heterocycles. The van der Waals surface area contributed by atoms with Gasteiger partial charge in [-0.05, 0) is 43.0 Å². The van der Waals surface area contributed by atoms with Crippen LogP contribution < -0.4 is 4.74 Å². The Labute approximate surface area is 170 Å². The number of amides is 1. The van der Waals surface area contributed by atoms with E-state index >= 15 is 0 Å². The standard InChI is InChI=1S/C23H25NO5/c1-15-4-2-3-5-19(15)20-14-29-21-12-17(23(26)27)6-7-18(21)13-24(20)22(25)16-8-10-28-11-9-16/h2-7,12,16,20H,8-11,13-14H2,1H3,(H,26,27). The van der Waals surface area contributed by atoms with Gasteiger partial charge in [-0.3, -0.25) is 4.79 Å². The van der Waals surface area contributed by atoms with Gasteiger partial charge < -0.3 is 19.5 Å². The first-order valence-corrected chi connectivity index (χ1v) is 9.97. The van der Waals surface area contributed by atoms with Crippen molar-refractivity contribution in [2.75, 3.05) is 19.8 Å². The maximum Gasteiger partial charge on any atom is 0.335 e. The summed E-state index contributed by atoms with van der Waals surface area (Å²) in [4.78, 5) is 26.8. The third-order valence-corrected chi connectivity index (χ3v) is 5.83. The largest absolute Gasteiger partial charge is 0.491 e. The molecule has 0 bridgehead atoms. The van der Waals surface area contributed by atoms with E-state index in [1.54, 1.807) is 18.2 Å². The highest BCUT2D eigenvalue weighted by Crippen LogP contribution is 2.35. The van der Waals surface area contributed by atoms with E-state index in [1.165, 1.54) is 0 Å². The van der Waals surface area contributed by atoms with E-state index in [-0.39, 0.29) is 30.0 Å². The van der Waals surface area contributed by atoms with Crippen LogP contribution in [0.2, 0.25) is 0 Å². The second-order valence-electron chi connectivity index (χ2n) is 7.66. The number of carbonyl (C=O) groups excluding carboxylic acids is 1. The average molecular weight is 395 g/mol. The number of nitrogens with zero attached hydrogens (tertiary/aromatic N) is 1. The SMILES string of the molecule is Cc1ccccc1C1COc2cc(C(=O)O)ccc2CN1C(=O)C1CCOCC1. The molecule has 29 heavy (non-hydrogen) atoms. The zero-order chi connectivity index (χ0) is 20.4. The van der Waals surface area contributed by atoms with Crippen LogP contribution in [0.25, 0.3) is 0 Å². The first-order chi connectivity index (χ1) is 14.0. The quantitative estimate of drug-likeness (QED) is 0.860. The summed E-state index contributed by atoms with van der Waals surface area (Å²) in [6.45, 7) is 3.93. The van der Waals surface area contributed by atoms with Crippen LogP contribution in [0.3, 0.4) is 0 Å². The van der Waals surface area contributed by atoms with E-state index in [2.05, 4.69) is 0 Å². The van der Waals surface area contributed by atoms with E-state index < -0.39 is 5.97 Å². The number of hydrogen-bond acceptors (Lipinski definition) is 4. The van der Waals surface area contributed by atoms with Crippen LogP contribution in [0, 0.1) is 12.8 Å². The van der Waals surface area contributed by atoms with Crippen LogP contribution in [-0.2, 0) is 16.1 Å². The van der Waals surface area contributed by atoms with Crippen molar-refractivity contribution in [3.05, 3.63) is 64.7 Å². The number of aryl methyl sites for hydroxylation is 1. The Bertz CT molecular complexity index is 919. The fourth-order valence-corrected chi connectivity index (χ4v) is 4.13. The monoisotopic (exact) mass is 395 g/mol. The molecule has 0 spiro atoms. The fraction of sp³-hybridized carbons (Fsp3) is 0.391. The maximum atomic E-state index is 13.5. The molecule has 2 aromatic rings. The Morgan fingerprint density at radius 3 is 2.59 bits per heavy atom. The molecule has 6 heteroatoms. The zero-order valence-electron chi connectivity index (χ0n) is 16.5. The van der Waals surface area contributed by atoms with E-state index in [0.29, 0.717) is 25.5 Å². The van der Waals surface area contributed by atoms with Crippen LogP contribution in [0.4, 0.5) is 0 Å². The normalized spacial score (nSPS) is 19.8. The number of carboxylic acids is 1. The van der Waals surface area contributed by atoms with Crippen molar-refractivity contribution in [3.8, 4) is 5.75 Å². The Morgan fingerprint density at radius 1 is 1.10 bits per heavy atom. The van der Waals surface area contributed by atoms with Crippen LogP contribution in [0.1, 0.15) is 45.9 Å². The maximum absolute atomic E-state index is 13.5. The minimum absolute atomic E-state index is 0.0601. The summed E-state index contributed by atoms with van der Waals surface area (Å²) in [5.74, 6) is -0.410. The van der Waals surface area contributed by atoms with Gasteiger partial charge in [0.2, 0.25) is 5.91 Å². The lowest BCUT2D eigenvalue weighted by atomic mass is 9.94. The Balaban J connectivity index is 1.72. The van der Waals surface area contributed by atoms with Gasteiger partial charge in [0.25, 0.3) is 0 Å². The molecule has 2 aromatic carbocycles. The third kappa shape index (κ3) is 3.98. The molecule has 0 saturated carbocycles. The molecule has 1 N–H and O–H groups in total. The predicted molar refractivity (Wildman–Crippen MR) is 107 cm³/mol. The number of carboxylic acid groups (broad SMARTS) is 1. The van der Waals surface area contributed by atoms with Crippen molar-refractivity contribution < 1.29 is 24.2 Å². The molecule has 1 atom stereocenters. The van der Waals surface area contributed by atoms with Gasteiger partial charge in [0, 0.05) is 24.7 Å². The first kappa shape index (κ1) is 19.5. The van der Waals surface area contributed by atoms with Crippen molar-refractivity contribution in [2.45, 2.75) is 32.4 Å². The molecular weight excluding hydrogens is 370 g/mol. The van der Waals surface area contributed by atoms with E-state index in [0.717, 1.165) is 29.5 Å². The number of fused-ring (bicyclic) bond motifs is 1. The number of ether oxygens (including phenoxy) is 2.